The summed E-state index contributed by atoms with van der Waals surface area (Å²) < 4.78 is 10.9. The van der Waals surface area contributed by atoms with Gasteiger partial charge in [-0.1, -0.05) is 6.92 Å². The summed E-state index contributed by atoms with van der Waals surface area (Å²) >= 11 is 0. The number of hydrogen-bond donors (Lipinski definition) is 3. The maximum atomic E-state index is 10.9. The van der Waals surface area contributed by atoms with E-state index < -0.39 is 10.8 Å². The minimum absolute atomic E-state index is 0.152. The second-order valence-corrected chi connectivity index (χ2v) is 4.31. The Kier molecular flexibility index (Phi) is 5.65. The SMILES string of the molecule is CC(CCN=C(N)NN)S(C)=O. The molecule has 0 aromatic carbocycles. The fraction of sp³-hybridized carbons (Fsp3) is 0.833. The minimum atomic E-state index is -0.789. The lowest BCUT2D eigenvalue weighted by atomic mass is 10.3. The van der Waals surface area contributed by atoms with Crippen LogP contribution in [0.4, 0.5) is 0 Å². The highest BCUT2D eigenvalue weighted by Crippen LogP contribution is 1.98. The molecule has 2 atom stereocenters. The Hall–Kier alpha value is -0.620. The Morgan fingerprint density at radius 2 is 2.33 bits per heavy atom. The summed E-state index contributed by atoms with van der Waals surface area (Å²) in [6.07, 6.45) is 2.43. The van der Waals surface area contributed by atoms with E-state index in [0.29, 0.717) is 6.54 Å². The average Bonchev–Trinajstić information content (AvgIpc) is 2.03. The van der Waals surface area contributed by atoms with Crippen LogP contribution in [0.15, 0.2) is 4.99 Å². The molecule has 5 N–H and O–H groups in total. The zero-order chi connectivity index (χ0) is 9.56. The van der Waals surface area contributed by atoms with E-state index in [1.165, 1.54) is 0 Å². The monoisotopic (exact) mass is 192 g/mol. The van der Waals surface area contributed by atoms with Crippen LogP contribution in [0.2, 0.25) is 0 Å². The zero-order valence-corrected chi connectivity index (χ0v) is 8.23. The van der Waals surface area contributed by atoms with E-state index >= 15 is 0 Å². The minimum Gasteiger partial charge on any atom is -0.369 e. The predicted octanol–water partition coefficient (Wildman–Crippen LogP) is -1.08. The molecule has 0 fully saturated rings. The van der Waals surface area contributed by atoms with Crippen molar-refractivity contribution < 1.29 is 4.21 Å². The quantitative estimate of drug-likeness (QED) is 0.229. The first-order chi connectivity index (χ1) is 5.57. The topological polar surface area (TPSA) is 93.5 Å². The summed E-state index contributed by atoms with van der Waals surface area (Å²) in [6, 6.07) is 0. The largest absolute Gasteiger partial charge is 0.369 e. The summed E-state index contributed by atoms with van der Waals surface area (Å²) in [4.78, 5) is 3.89. The molecule has 0 saturated heterocycles. The molecule has 0 bridgehead atoms. The van der Waals surface area contributed by atoms with Crippen molar-refractivity contribution in [3.05, 3.63) is 0 Å². The van der Waals surface area contributed by atoms with Crippen LogP contribution in [0, 0.1) is 0 Å². The molecule has 0 saturated carbocycles. The molecular formula is C6H16N4OS. The van der Waals surface area contributed by atoms with E-state index in [4.69, 9.17) is 11.6 Å². The van der Waals surface area contributed by atoms with Gasteiger partial charge >= 0.3 is 0 Å². The van der Waals surface area contributed by atoms with Gasteiger partial charge in [0.25, 0.3) is 0 Å². The number of hydrogen-bond acceptors (Lipinski definition) is 3. The number of nitrogens with two attached hydrogens (primary N) is 2. The number of nitrogens with zero attached hydrogens (tertiary/aromatic N) is 1. The van der Waals surface area contributed by atoms with Gasteiger partial charge in [0.2, 0.25) is 5.96 Å². The lowest BCUT2D eigenvalue weighted by Crippen LogP contribution is -2.37. The molecule has 0 heterocycles. The zero-order valence-electron chi connectivity index (χ0n) is 7.41. The Labute approximate surface area is 75.0 Å². The lowest BCUT2D eigenvalue weighted by molar-refractivity contribution is 0.670. The molecule has 6 heteroatoms. The van der Waals surface area contributed by atoms with Gasteiger partial charge in [0, 0.05) is 28.9 Å². The summed E-state index contributed by atoms with van der Waals surface area (Å²) in [7, 11) is -0.789. The third kappa shape index (κ3) is 5.09. The molecule has 0 aliphatic carbocycles. The molecule has 72 valence electrons. The second-order valence-electron chi connectivity index (χ2n) is 2.51. The van der Waals surface area contributed by atoms with Gasteiger partial charge in [-0.15, -0.1) is 0 Å². The molecular weight excluding hydrogens is 176 g/mol. The molecule has 0 aliphatic heterocycles. The van der Waals surface area contributed by atoms with Crippen LogP contribution in [0.1, 0.15) is 13.3 Å². The maximum Gasteiger partial charge on any atom is 0.203 e. The molecule has 2 unspecified atom stereocenters. The maximum absolute atomic E-state index is 10.9. The standard InChI is InChI=1S/C6H16N4OS/c1-5(12(2)11)3-4-9-6(7)10-8/h5H,3-4,8H2,1-2H3,(H3,7,9,10). The second kappa shape index (κ2) is 5.96. The number of nitrogens with one attached hydrogen (secondary N) is 1. The van der Waals surface area contributed by atoms with Gasteiger partial charge in [-0.3, -0.25) is 14.6 Å². The van der Waals surface area contributed by atoms with Crippen molar-refractivity contribution in [1.82, 2.24) is 5.43 Å². The van der Waals surface area contributed by atoms with E-state index in [-0.39, 0.29) is 11.2 Å². The van der Waals surface area contributed by atoms with Crippen LogP contribution < -0.4 is 17.0 Å². The average molecular weight is 192 g/mol. The first-order valence-corrected chi connectivity index (χ1v) is 5.28. The third-order valence-corrected chi connectivity index (χ3v) is 2.90. The molecule has 5 nitrogen and oxygen atoms in total. The van der Waals surface area contributed by atoms with Gasteiger partial charge in [0.05, 0.1) is 0 Å². The van der Waals surface area contributed by atoms with Crippen LogP contribution in [0.5, 0.6) is 0 Å². The Balaban J connectivity index is 3.62. The van der Waals surface area contributed by atoms with E-state index in [1.54, 1.807) is 6.26 Å². The van der Waals surface area contributed by atoms with Crippen molar-refractivity contribution in [3.63, 3.8) is 0 Å². The highest BCUT2D eigenvalue weighted by Gasteiger charge is 2.04. The smallest absolute Gasteiger partial charge is 0.203 e. The van der Waals surface area contributed by atoms with E-state index in [0.717, 1.165) is 6.42 Å². The molecule has 0 radical (unpaired) electrons. The van der Waals surface area contributed by atoms with Crippen LogP contribution in [0.25, 0.3) is 0 Å². The summed E-state index contributed by atoms with van der Waals surface area (Å²) in [6.45, 7) is 2.47. The van der Waals surface area contributed by atoms with Gasteiger partial charge in [0.15, 0.2) is 0 Å². The summed E-state index contributed by atoms with van der Waals surface area (Å²) in [5, 5.41) is 0.152. The molecule has 0 spiro atoms. The lowest BCUT2D eigenvalue weighted by Gasteiger charge is -2.05. The number of guanidine groups is 1. The Morgan fingerprint density at radius 3 is 2.75 bits per heavy atom. The Morgan fingerprint density at radius 1 is 1.75 bits per heavy atom. The Bertz CT molecular complexity index is 182. The van der Waals surface area contributed by atoms with Gasteiger partial charge < -0.3 is 5.73 Å². The van der Waals surface area contributed by atoms with E-state index in [9.17, 15) is 4.21 Å². The van der Waals surface area contributed by atoms with Crippen molar-refractivity contribution >= 4 is 16.8 Å². The van der Waals surface area contributed by atoms with E-state index in [2.05, 4.69) is 10.4 Å². The third-order valence-electron chi connectivity index (χ3n) is 1.53. The molecule has 0 aromatic heterocycles. The van der Waals surface area contributed by atoms with Crippen LogP contribution >= 0.6 is 0 Å². The van der Waals surface area contributed by atoms with Crippen molar-refractivity contribution in [3.8, 4) is 0 Å². The van der Waals surface area contributed by atoms with Crippen molar-refractivity contribution in [2.24, 2.45) is 16.6 Å². The molecule has 0 aromatic rings. The number of aliphatic imine (C=N–C) groups is 1. The van der Waals surface area contributed by atoms with Crippen molar-refractivity contribution in [2.75, 3.05) is 12.8 Å². The number of rotatable bonds is 4. The fourth-order valence-corrected chi connectivity index (χ4v) is 1.02. The van der Waals surface area contributed by atoms with Gasteiger partial charge in [-0.2, -0.15) is 0 Å². The van der Waals surface area contributed by atoms with E-state index in [1.807, 2.05) is 6.92 Å². The normalized spacial score (nSPS) is 17.1. The highest BCUT2D eigenvalue weighted by molar-refractivity contribution is 7.84. The highest BCUT2D eigenvalue weighted by atomic mass is 32.2. The molecule has 0 rings (SSSR count). The van der Waals surface area contributed by atoms with Gasteiger partial charge in [0.1, 0.15) is 0 Å². The van der Waals surface area contributed by atoms with Crippen molar-refractivity contribution in [1.29, 1.82) is 0 Å². The molecule has 0 amide bonds. The van der Waals surface area contributed by atoms with Gasteiger partial charge in [-0.05, 0) is 6.42 Å². The predicted molar refractivity (Wildman–Crippen MR) is 52.0 cm³/mol. The first kappa shape index (κ1) is 11.4. The van der Waals surface area contributed by atoms with Crippen LogP contribution in [0.3, 0.4) is 0 Å². The van der Waals surface area contributed by atoms with Gasteiger partial charge in [-0.25, -0.2) is 5.84 Å². The van der Waals surface area contributed by atoms with Crippen molar-refractivity contribution in [2.45, 2.75) is 18.6 Å². The first-order valence-electron chi connectivity index (χ1n) is 3.66. The molecule has 12 heavy (non-hydrogen) atoms. The number of hydrazine groups is 1. The summed E-state index contributed by atoms with van der Waals surface area (Å²) in [5.41, 5.74) is 7.49. The summed E-state index contributed by atoms with van der Waals surface area (Å²) in [5.74, 6) is 5.20. The van der Waals surface area contributed by atoms with Crippen LogP contribution in [-0.2, 0) is 10.8 Å². The fourth-order valence-electron chi connectivity index (χ4n) is 0.578. The van der Waals surface area contributed by atoms with Crippen LogP contribution in [-0.4, -0.2) is 28.2 Å². The molecule has 0 aliphatic rings.